The van der Waals surface area contributed by atoms with E-state index in [9.17, 15) is 22.7 Å². The van der Waals surface area contributed by atoms with E-state index in [4.69, 9.17) is 5.73 Å². The predicted molar refractivity (Wildman–Crippen MR) is 68.9 cm³/mol. The van der Waals surface area contributed by atoms with Crippen LogP contribution in [-0.4, -0.2) is 11.2 Å². The Hall–Kier alpha value is -0.850. The molecule has 7 heteroatoms. The van der Waals surface area contributed by atoms with Crippen LogP contribution in [0.3, 0.4) is 0 Å². The summed E-state index contributed by atoms with van der Waals surface area (Å²) in [6.07, 6.45) is -3.27. The molecule has 0 saturated heterocycles. The van der Waals surface area contributed by atoms with Crippen LogP contribution in [0.25, 0.3) is 0 Å². The molecule has 0 heterocycles. The van der Waals surface area contributed by atoms with Gasteiger partial charge in [-0.25, -0.2) is 4.39 Å². The molecule has 2 atom stereocenters. The van der Waals surface area contributed by atoms with Gasteiger partial charge in [-0.15, -0.1) is 12.4 Å². The van der Waals surface area contributed by atoms with Crippen LogP contribution in [0.2, 0.25) is 0 Å². The third kappa shape index (κ3) is 3.24. The normalized spacial score (nSPS) is 18.9. The lowest BCUT2D eigenvalue weighted by Crippen LogP contribution is -2.37. The van der Waals surface area contributed by atoms with Gasteiger partial charge in [0, 0.05) is 5.56 Å². The second-order valence-corrected chi connectivity index (χ2v) is 4.91. The molecule has 1 fully saturated rings. The summed E-state index contributed by atoms with van der Waals surface area (Å²) < 4.78 is 51.6. The maximum absolute atomic E-state index is 13.9. The number of hydrogen-bond donors (Lipinski definition) is 2. The molecule has 2 rings (SSSR count). The van der Waals surface area contributed by atoms with Crippen molar-refractivity contribution < 1.29 is 22.7 Å². The number of alkyl halides is 3. The Bertz CT molecular complexity index is 462. The Morgan fingerprint density at radius 2 is 1.85 bits per heavy atom. The molecular weight excluding hydrogens is 298 g/mol. The molecule has 0 unspecified atom stereocenters. The Morgan fingerprint density at radius 3 is 2.30 bits per heavy atom. The molecule has 1 aromatic carbocycles. The van der Waals surface area contributed by atoms with Gasteiger partial charge < -0.3 is 10.8 Å². The van der Waals surface area contributed by atoms with Crippen molar-refractivity contribution in [2.45, 2.75) is 37.6 Å². The summed E-state index contributed by atoms with van der Waals surface area (Å²) >= 11 is 0. The van der Waals surface area contributed by atoms with Crippen molar-refractivity contribution in [2.24, 2.45) is 11.7 Å². The van der Waals surface area contributed by atoms with Crippen molar-refractivity contribution in [1.29, 1.82) is 0 Å². The van der Waals surface area contributed by atoms with Gasteiger partial charge in [0.25, 0.3) is 0 Å². The second-order valence-electron chi connectivity index (χ2n) is 4.91. The number of benzene rings is 1. The van der Waals surface area contributed by atoms with Crippen LogP contribution < -0.4 is 5.73 Å². The fourth-order valence-corrected chi connectivity index (χ4v) is 2.28. The monoisotopic (exact) mass is 313 g/mol. The van der Waals surface area contributed by atoms with Crippen molar-refractivity contribution in [3.05, 3.63) is 35.1 Å². The molecule has 20 heavy (non-hydrogen) atoms. The van der Waals surface area contributed by atoms with E-state index >= 15 is 0 Å². The predicted octanol–water partition coefficient (Wildman–Crippen LogP) is 3.43. The molecule has 1 aromatic rings. The van der Waals surface area contributed by atoms with Crippen LogP contribution >= 0.6 is 12.4 Å². The summed E-state index contributed by atoms with van der Waals surface area (Å²) in [5.41, 5.74) is 4.08. The highest BCUT2D eigenvalue weighted by Gasteiger charge is 2.37. The van der Waals surface area contributed by atoms with Gasteiger partial charge in [0.2, 0.25) is 0 Å². The standard InChI is InChI=1S/C13H15F4NO.ClH/c14-10-8(5-2-6-9(10)13(15,16)17)11(18)12(19)7-3-1-4-7;/h2,5-7,11-12,19H,1,3-4,18H2;1H/t11-,12+;/m0./s1. The molecule has 2 nitrogen and oxygen atoms in total. The molecule has 1 aliphatic carbocycles. The first-order valence-electron chi connectivity index (χ1n) is 6.11. The molecule has 0 radical (unpaired) electrons. The highest BCUT2D eigenvalue weighted by Crippen LogP contribution is 2.37. The minimum absolute atomic E-state index is 0. The maximum atomic E-state index is 13.9. The molecule has 1 saturated carbocycles. The third-order valence-corrected chi connectivity index (χ3v) is 3.69. The summed E-state index contributed by atoms with van der Waals surface area (Å²) in [4.78, 5) is 0. The SMILES string of the molecule is Cl.N[C@@H](c1cccc(C(F)(F)F)c1F)[C@H](O)C1CCC1. The molecule has 114 valence electrons. The van der Waals surface area contributed by atoms with Gasteiger partial charge in [-0.05, 0) is 24.8 Å². The molecular formula is C13H16ClF4NO. The number of aliphatic hydroxyl groups is 1. The molecule has 3 N–H and O–H groups in total. The van der Waals surface area contributed by atoms with E-state index in [2.05, 4.69) is 0 Å². The quantitative estimate of drug-likeness (QED) is 0.840. The summed E-state index contributed by atoms with van der Waals surface area (Å²) in [6, 6.07) is 1.83. The molecule has 0 aromatic heterocycles. The molecule has 0 bridgehead atoms. The number of nitrogens with two attached hydrogens (primary N) is 1. The zero-order valence-electron chi connectivity index (χ0n) is 10.5. The molecule has 0 amide bonds. The Balaban J connectivity index is 0.00000200. The number of halogens is 5. The van der Waals surface area contributed by atoms with Crippen molar-refractivity contribution in [3.63, 3.8) is 0 Å². The summed E-state index contributed by atoms with van der Waals surface area (Å²) in [5.74, 6) is -1.44. The lowest BCUT2D eigenvalue weighted by Gasteiger charge is -2.34. The highest BCUT2D eigenvalue weighted by molar-refractivity contribution is 5.85. The first-order chi connectivity index (χ1) is 8.82. The summed E-state index contributed by atoms with van der Waals surface area (Å²) in [6.45, 7) is 0. The summed E-state index contributed by atoms with van der Waals surface area (Å²) in [5, 5.41) is 9.94. The first kappa shape index (κ1) is 17.2. The van der Waals surface area contributed by atoms with Crippen LogP contribution in [0.1, 0.15) is 36.4 Å². The maximum Gasteiger partial charge on any atom is 0.419 e. The Morgan fingerprint density at radius 1 is 1.25 bits per heavy atom. The van der Waals surface area contributed by atoms with Crippen LogP contribution in [0.15, 0.2) is 18.2 Å². The van der Waals surface area contributed by atoms with Crippen molar-refractivity contribution >= 4 is 12.4 Å². The minimum Gasteiger partial charge on any atom is -0.391 e. The van der Waals surface area contributed by atoms with E-state index in [1.54, 1.807) is 0 Å². The molecule has 0 aliphatic heterocycles. The molecule has 0 spiro atoms. The van der Waals surface area contributed by atoms with Gasteiger partial charge in [0.05, 0.1) is 17.7 Å². The van der Waals surface area contributed by atoms with Gasteiger partial charge in [-0.3, -0.25) is 0 Å². The van der Waals surface area contributed by atoms with E-state index < -0.39 is 29.7 Å². The van der Waals surface area contributed by atoms with Gasteiger partial charge in [-0.2, -0.15) is 13.2 Å². The van der Waals surface area contributed by atoms with E-state index in [0.717, 1.165) is 25.3 Å². The first-order valence-corrected chi connectivity index (χ1v) is 6.11. The number of hydrogen-bond acceptors (Lipinski definition) is 2. The lowest BCUT2D eigenvalue weighted by atomic mass is 9.77. The van der Waals surface area contributed by atoms with E-state index in [1.807, 2.05) is 0 Å². The minimum atomic E-state index is -4.76. The zero-order valence-corrected chi connectivity index (χ0v) is 11.3. The Labute approximate surface area is 120 Å². The Kier molecular flexibility index (Phi) is 5.40. The topological polar surface area (TPSA) is 46.2 Å². The van der Waals surface area contributed by atoms with Crippen LogP contribution in [0.5, 0.6) is 0 Å². The average molecular weight is 314 g/mol. The fourth-order valence-electron chi connectivity index (χ4n) is 2.28. The highest BCUT2D eigenvalue weighted by atomic mass is 35.5. The largest absolute Gasteiger partial charge is 0.419 e. The summed E-state index contributed by atoms with van der Waals surface area (Å²) in [7, 11) is 0. The zero-order chi connectivity index (χ0) is 14.2. The van der Waals surface area contributed by atoms with E-state index in [-0.39, 0.29) is 23.9 Å². The fraction of sp³-hybridized carbons (Fsp3) is 0.538. The third-order valence-electron chi connectivity index (χ3n) is 3.69. The second kappa shape index (κ2) is 6.28. The van der Waals surface area contributed by atoms with Gasteiger partial charge in [0.15, 0.2) is 0 Å². The smallest absolute Gasteiger partial charge is 0.391 e. The van der Waals surface area contributed by atoms with Crippen LogP contribution in [-0.2, 0) is 6.18 Å². The van der Waals surface area contributed by atoms with Crippen LogP contribution in [0, 0.1) is 11.7 Å². The van der Waals surface area contributed by atoms with E-state index in [0.29, 0.717) is 6.07 Å². The molecule has 1 aliphatic rings. The van der Waals surface area contributed by atoms with Gasteiger partial charge >= 0.3 is 6.18 Å². The van der Waals surface area contributed by atoms with Gasteiger partial charge in [0.1, 0.15) is 5.82 Å². The van der Waals surface area contributed by atoms with Crippen molar-refractivity contribution in [1.82, 2.24) is 0 Å². The number of aliphatic hydroxyl groups excluding tert-OH is 1. The van der Waals surface area contributed by atoms with Gasteiger partial charge in [-0.1, -0.05) is 18.6 Å². The van der Waals surface area contributed by atoms with Crippen LogP contribution in [0.4, 0.5) is 17.6 Å². The van der Waals surface area contributed by atoms with Crippen molar-refractivity contribution in [2.75, 3.05) is 0 Å². The van der Waals surface area contributed by atoms with E-state index in [1.165, 1.54) is 6.07 Å². The lowest BCUT2D eigenvalue weighted by molar-refractivity contribution is -0.140. The number of rotatable bonds is 3. The average Bonchev–Trinajstić information content (AvgIpc) is 2.24. The van der Waals surface area contributed by atoms with Crippen molar-refractivity contribution in [3.8, 4) is 0 Å².